The Morgan fingerprint density at radius 3 is 2.61 bits per heavy atom. The number of imide groups is 1. The summed E-state index contributed by atoms with van der Waals surface area (Å²) in [5.74, 6) is 0.371. The molecule has 1 aliphatic carbocycles. The number of fused-ring (bicyclic) bond motifs is 1. The fourth-order valence-electron chi connectivity index (χ4n) is 3.57. The normalized spacial score (nSPS) is 17.9. The zero-order valence-corrected chi connectivity index (χ0v) is 17.3. The lowest BCUT2D eigenvalue weighted by Crippen LogP contribution is -2.29. The van der Waals surface area contributed by atoms with Gasteiger partial charge in [0.1, 0.15) is 0 Å². The van der Waals surface area contributed by atoms with Gasteiger partial charge in [0, 0.05) is 17.2 Å². The molecule has 9 heteroatoms. The smallest absolute Gasteiger partial charge is 0.254 e. The SMILES string of the molecule is CC(C)(Nc1nc(NC2CC2)n2ncc(/C=C3\CC(=O)NC3=O)c2n1)c1ccccc1. The summed E-state index contributed by atoms with van der Waals surface area (Å²) in [6.45, 7) is 4.13. The van der Waals surface area contributed by atoms with Crippen LogP contribution in [-0.2, 0) is 15.1 Å². The molecule has 3 heterocycles. The molecular weight excluding hydrogens is 394 g/mol. The van der Waals surface area contributed by atoms with Gasteiger partial charge in [0.05, 0.1) is 18.2 Å². The minimum atomic E-state index is -0.410. The van der Waals surface area contributed by atoms with Crippen molar-refractivity contribution in [3.05, 3.63) is 53.2 Å². The van der Waals surface area contributed by atoms with Gasteiger partial charge in [-0.1, -0.05) is 30.3 Å². The van der Waals surface area contributed by atoms with Gasteiger partial charge in [-0.25, -0.2) is 0 Å². The van der Waals surface area contributed by atoms with Crippen LogP contribution in [0, 0.1) is 0 Å². The first-order valence-corrected chi connectivity index (χ1v) is 10.3. The van der Waals surface area contributed by atoms with Crippen molar-refractivity contribution in [2.24, 2.45) is 0 Å². The monoisotopic (exact) mass is 417 g/mol. The van der Waals surface area contributed by atoms with Crippen LogP contribution in [0.5, 0.6) is 0 Å². The summed E-state index contributed by atoms with van der Waals surface area (Å²) in [4.78, 5) is 32.9. The van der Waals surface area contributed by atoms with Crippen LogP contribution in [0.2, 0.25) is 0 Å². The quantitative estimate of drug-likeness (QED) is 0.417. The van der Waals surface area contributed by atoms with E-state index in [0.717, 1.165) is 18.4 Å². The molecule has 2 fully saturated rings. The minimum absolute atomic E-state index is 0.0561. The number of carbonyl (C=O) groups excluding carboxylic acids is 2. The van der Waals surface area contributed by atoms with Gasteiger partial charge in [-0.15, -0.1) is 0 Å². The Bertz CT molecular complexity index is 1210. The van der Waals surface area contributed by atoms with Crippen molar-refractivity contribution < 1.29 is 9.59 Å². The van der Waals surface area contributed by atoms with Crippen LogP contribution in [0.15, 0.2) is 42.1 Å². The van der Waals surface area contributed by atoms with Crippen LogP contribution < -0.4 is 16.0 Å². The minimum Gasteiger partial charge on any atom is -0.351 e. The molecule has 2 aliphatic rings. The van der Waals surface area contributed by atoms with E-state index in [4.69, 9.17) is 4.98 Å². The van der Waals surface area contributed by atoms with E-state index >= 15 is 0 Å². The third-order valence-electron chi connectivity index (χ3n) is 5.45. The lowest BCUT2D eigenvalue weighted by atomic mass is 9.95. The zero-order chi connectivity index (χ0) is 21.6. The molecule has 1 aromatic carbocycles. The van der Waals surface area contributed by atoms with Crippen LogP contribution in [0.25, 0.3) is 11.7 Å². The second kappa shape index (κ2) is 7.19. The Morgan fingerprint density at radius 2 is 1.94 bits per heavy atom. The number of amides is 2. The van der Waals surface area contributed by atoms with E-state index in [1.54, 1.807) is 16.8 Å². The van der Waals surface area contributed by atoms with Crippen molar-refractivity contribution in [3.8, 4) is 0 Å². The van der Waals surface area contributed by atoms with Gasteiger partial charge in [-0.3, -0.25) is 14.9 Å². The molecule has 3 aromatic rings. The maximum Gasteiger partial charge on any atom is 0.254 e. The van der Waals surface area contributed by atoms with Crippen molar-refractivity contribution in [2.45, 2.75) is 44.7 Å². The van der Waals surface area contributed by atoms with Crippen LogP contribution in [0.1, 0.15) is 44.2 Å². The first-order chi connectivity index (χ1) is 14.9. The Balaban J connectivity index is 1.56. The van der Waals surface area contributed by atoms with E-state index in [1.807, 2.05) is 18.2 Å². The molecule has 0 unspecified atom stereocenters. The third kappa shape index (κ3) is 3.86. The maximum atomic E-state index is 12.0. The number of anilines is 2. The highest BCUT2D eigenvalue weighted by Crippen LogP contribution is 2.28. The highest BCUT2D eigenvalue weighted by molar-refractivity contribution is 6.15. The summed E-state index contributed by atoms with van der Waals surface area (Å²) < 4.78 is 1.64. The number of hydrogen-bond donors (Lipinski definition) is 3. The number of nitrogens with zero attached hydrogens (tertiary/aromatic N) is 4. The zero-order valence-electron chi connectivity index (χ0n) is 17.3. The molecule has 0 radical (unpaired) electrons. The lowest BCUT2D eigenvalue weighted by molar-refractivity contribution is -0.124. The second-order valence-electron chi connectivity index (χ2n) is 8.46. The summed E-state index contributed by atoms with van der Waals surface area (Å²) in [7, 11) is 0. The van der Waals surface area contributed by atoms with Gasteiger partial charge in [0.25, 0.3) is 5.91 Å². The van der Waals surface area contributed by atoms with Crippen molar-refractivity contribution in [2.75, 3.05) is 10.6 Å². The summed E-state index contributed by atoms with van der Waals surface area (Å²) >= 11 is 0. The largest absolute Gasteiger partial charge is 0.351 e. The van der Waals surface area contributed by atoms with E-state index in [0.29, 0.717) is 34.7 Å². The van der Waals surface area contributed by atoms with Crippen molar-refractivity contribution in [1.29, 1.82) is 0 Å². The number of rotatable bonds is 6. The third-order valence-corrected chi connectivity index (χ3v) is 5.45. The summed E-state index contributed by atoms with van der Waals surface area (Å²) in [5, 5.41) is 13.6. The van der Waals surface area contributed by atoms with Gasteiger partial charge in [-0.05, 0) is 38.3 Å². The van der Waals surface area contributed by atoms with Gasteiger partial charge in [0.2, 0.25) is 17.8 Å². The molecule has 1 aliphatic heterocycles. The molecule has 2 amide bonds. The standard InChI is InChI=1S/C22H23N7O2/c1-22(2,15-6-4-3-5-7-15)28-20-26-18-14(10-13-11-17(30)25-19(13)31)12-23-29(18)21(27-20)24-16-8-9-16/h3-7,10,12,16H,8-9,11H2,1-2H3,(H,25,30,31)(H2,24,26,27,28)/b13-10+. The molecule has 5 rings (SSSR count). The first kappa shape index (κ1) is 19.2. The number of nitrogens with one attached hydrogen (secondary N) is 3. The molecule has 0 spiro atoms. The van der Waals surface area contributed by atoms with E-state index in [-0.39, 0.29) is 18.2 Å². The lowest BCUT2D eigenvalue weighted by Gasteiger charge is -2.27. The fourth-order valence-corrected chi connectivity index (χ4v) is 3.57. The molecule has 2 aromatic heterocycles. The Labute approximate surface area is 179 Å². The molecule has 9 nitrogen and oxygen atoms in total. The van der Waals surface area contributed by atoms with Gasteiger partial charge in [0.15, 0.2) is 5.65 Å². The number of carbonyl (C=O) groups is 2. The summed E-state index contributed by atoms with van der Waals surface area (Å²) in [5.41, 5.74) is 2.31. The second-order valence-corrected chi connectivity index (χ2v) is 8.46. The molecule has 0 atom stereocenters. The van der Waals surface area contributed by atoms with E-state index < -0.39 is 5.54 Å². The first-order valence-electron chi connectivity index (χ1n) is 10.3. The fraction of sp³-hybridized carbons (Fsp3) is 0.318. The van der Waals surface area contributed by atoms with Gasteiger partial charge >= 0.3 is 0 Å². The Hall–Kier alpha value is -3.75. The Kier molecular flexibility index (Phi) is 4.46. The predicted molar refractivity (Wildman–Crippen MR) is 116 cm³/mol. The maximum absolute atomic E-state index is 12.0. The van der Waals surface area contributed by atoms with E-state index in [9.17, 15) is 9.59 Å². The molecule has 158 valence electrons. The summed E-state index contributed by atoms with van der Waals surface area (Å²) in [6, 6.07) is 10.5. The van der Waals surface area contributed by atoms with Crippen LogP contribution in [0.3, 0.4) is 0 Å². The summed E-state index contributed by atoms with van der Waals surface area (Å²) in [6.07, 6.45) is 5.54. The molecule has 1 saturated carbocycles. The molecule has 31 heavy (non-hydrogen) atoms. The number of benzene rings is 1. The molecule has 1 saturated heterocycles. The van der Waals surface area contributed by atoms with E-state index in [2.05, 4.69) is 52.0 Å². The van der Waals surface area contributed by atoms with Crippen LogP contribution >= 0.6 is 0 Å². The number of hydrogen-bond acceptors (Lipinski definition) is 7. The average molecular weight is 417 g/mol. The van der Waals surface area contributed by atoms with Crippen molar-refractivity contribution in [3.63, 3.8) is 0 Å². The highest BCUT2D eigenvalue weighted by Gasteiger charge is 2.27. The molecular formula is C22H23N7O2. The molecule has 0 bridgehead atoms. The van der Waals surface area contributed by atoms with Crippen LogP contribution in [0.4, 0.5) is 11.9 Å². The van der Waals surface area contributed by atoms with Crippen LogP contribution in [-0.4, -0.2) is 37.4 Å². The highest BCUT2D eigenvalue weighted by atomic mass is 16.2. The number of aromatic nitrogens is 4. The topological polar surface area (TPSA) is 113 Å². The van der Waals surface area contributed by atoms with Gasteiger partial charge < -0.3 is 10.6 Å². The molecule has 3 N–H and O–H groups in total. The van der Waals surface area contributed by atoms with Crippen molar-refractivity contribution >= 4 is 35.4 Å². The van der Waals surface area contributed by atoms with E-state index in [1.165, 1.54) is 0 Å². The Morgan fingerprint density at radius 1 is 1.16 bits per heavy atom. The van der Waals surface area contributed by atoms with Crippen molar-refractivity contribution in [1.82, 2.24) is 24.9 Å². The average Bonchev–Trinajstić information content (AvgIpc) is 3.37. The van der Waals surface area contributed by atoms with Gasteiger partial charge in [-0.2, -0.15) is 19.6 Å². The predicted octanol–water partition coefficient (Wildman–Crippen LogP) is 2.48.